The van der Waals surface area contributed by atoms with Crippen LogP contribution in [0.3, 0.4) is 0 Å². The van der Waals surface area contributed by atoms with Crippen molar-refractivity contribution < 1.29 is 27.3 Å². The second-order valence-electron chi connectivity index (χ2n) is 6.72. The van der Waals surface area contributed by atoms with Crippen molar-refractivity contribution in [1.29, 1.82) is 0 Å². The first-order chi connectivity index (χ1) is 15.7. The highest BCUT2D eigenvalue weighted by Gasteiger charge is 2.12. The minimum absolute atomic E-state index is 0.0878. The molecule has 0 aliphatic heterocycles. The minimum atomic E-state index is -3.00. The van der Waals surface area contributed by atoms with Crippen LogP contribution in [0, 0.1) is 11.6 Å². The minimum Gasteiger partial charge on any atom is -0.496 e. The summed E-state index contributed by atoms with van der Waals surface area (Å²) in [5.41, 5.74) is 0.945. The van der Waals surface area contributed by atoms with Gasteiger partial charge in [-0.1, -0.05) is 0 Å². The summed E-state index contributed by atoms with van der Waals surface area (Å²) < 4.78 is 52.4. The number of amides is 1. The summed E-state index contributed by atoms with van der Waals surface area (Å²) in [5.74, 6) is -0.558. The number of nitrogens with zero attached hydrogens (tertiary/aromatic N) is 3. The van der Waals surface area contributed by atoms with Crippen molar-refractivity contribution >= 4 is 32.8 Å². The third-order valence-corrected chi connectivity index (χ3v) is 5.37. The standard InChI is InChI=1S/C21H21F2N5O4S/c1-4-32-21(29)28-33(3,30)11-13-7-15(23)9-16(8-13)26-20-25-12-24-19(27-20)17-6-5-14(22)10-18(17)31-2/h5-12H,4H2,1-3H3,(H,28,29,30)(H,24,25,26,27). The van der Waals surface area contributed by atoms with Crippen LogP contribution in [0.1, 0.15) is 12.5 Å². The maximum absolute atomic E-state index is 14.2. The average Bonchev–Trinajstić information content (AvgIpc) is 2.72. The zero-order chi connectivity index (χ0) is 24.0. The van der Waals surface area contributed by atoms with E-state index in [2.05, 4.69) is 25.0 Å². The second-order valence-corrected chi connectivity index (χ2v) is 8.97. The van der Waals surface area contributed by atoms with Gasteiger partial charge in [-0.15, -0.1) is 0 Å². The number of carbonyl (C=O) groups excluding carboxylic acids is 1. The number of methoxy groups -OCH3 is 1. The van der Waals surface area contributed by atoms with Crippen molar-refractivity contribution in [3.8, 4) is 17.1 Å². The predicted molar refractivity (Wildman–Crippen MR) is 121 cm³/mol. The normalized spacial score (nSPS) is 12.4. The molecule has 0 aliphatic carbocycles. The van der Waals surface area contributed by atoms with E-state index < -0.39 is 27.4 Å². The van der Waals surface area contributed by atoms with E-state index in [0.29, 0.717) is 5.56 Å². The number of anilines is 2. The van der Waals surface area contributed by atoms with Crippen LogP contribution in [0.5, 0.6) is 5.75 Å². The van der Waals surface area contributed by atoms with Gasteiger partial charge in [0, 0.05) is 23.4 Å². The second kappa shape index (κ2) is 10.2. The maximum atomic E-state index is 14.2. The molecule has 0 saturated carbocycles. The highest BCUT2D eigenvalue weighted by molar-refractivity contribution is 7.99. The molecular weight excluding hydrogens is 456 g/mol. The lowest BCUT2D eigenvalue weighted by Crippen LogP contribution is -2.31. The van der Waals surface area contributed by atoms with E-state index in [1.54, 1.807) is 6.92 Å². The number of rotatable bonds is 7. The summed E-state index contributed by atoms with van der Waals surface area (Å²) in [7, 11) is -1.60. The fraction of sp³-hybridized carbons (Fsp3) is 0.190. The van der Waals surface area contributed by atoms with Gasteiger partial charge in [0.05, 0.1) is 29.0 Å². The summed E-state index contributed by atoms with van der Waals surface area (Å²) in [6, 6.07) is 7.76. The fourth-order valence-corrected chi connectivity index (χ4v) is 3.94. The first kappa shape index (κ1) is 23.9. The molecule has 0 radical (unpaired) electrons. The van der Waals surface area contributed by atoms with Crippen LogP contribution in [-0.4, -0.2) is 50.6 Å². The van der Waals surface area contributed by atoms with Gasteiger partial charge in [0.25, 0.3) is 0 Å². The Morgan fingerprint density at radius 3 is 2.67 bits per heavy atom. The molecule has 12 heteroatoms. The van der Waals surface area contributed by atoms with E-state index >= 15 is 0 Å². The summed E-state index contributed by atoms with van der Waals surface area (Å²) in [6.45, 7) is 1.73. The van der Waals surface area contributed by atoms with Gasteiger partial charge in [-0.3, -0.25) is 0 Å². The first-order valence-electron chi connectivity index (χ1n) is 9.58. The number of hydrogen-bond acceptors (Lipinski definition) is 8. The molecule has 1 atom stereocenters. The van der Waals surface area contributed by atoms with Crippen LogP contribution < -0.4 is 14.8 Å². The Balaban J connectivity index is 1.89. The van der Waals surface area contributed by atoms with E-state index in [9.17, 15) is 17.8 Å². The molecule has 174 valence electrons. The Labute approximate surface area is 189 Å². The summed E-state index contributed by atoms with van der Waals surface area (Å²) >= 11 is 0. The molecule has 9 nitrogen and oxygen atoms in total. The fourth-order valence-electron chi connectivity index (χ4n) is 2.83. The molecule has 33 heavy (non-hydrogen) atoms. The lowest BCUT2D eigenvalue weighted by Gasteiger charge is -2.10. The Hall–Kier alpha value is -3.80. The van der Waals surface area contributed by atoms with Crippen molar-refractivity contribution in [3.63, 3.8) is 0 Å². The molecule has 2 aromatic carbocycles. The number of hydrogen-bond donors (Lipinski definition) is 2. The van der Waals surface area contributed by atoms with Crippen molar-refractivity contribution in [3.05, 3.63) is 59.9 Å². The van der Waals surface area contributed by atoms with Gasteiger partial charge < -0.3 is 14.8 Å². The number of aromatic nitrogens is 3. The molecule has 1 aromatic heterocycles. The quantitative estimate of drug-likeness (QED) is 0.498. The molecule has 0 aliphatic rings. The zero-order valence-corrected chi connectivity index (χ0v) is 18.8. The smallest absolute Gasteiger partial charge is 0.418 e. The highest BCUT2D eigenvalue weighted by Crippen LogP contribution is 2.28. The summed E-state index contributed by atoms with van der Waals surface area (Å²) in [6.07, 6.45) is 1.68. The molecule has 3 aromatic rings. The zero-order valence-electron chi connectivity index (χ0n) is 18.0. The molecule has 0 spiro atoms. The van der Waals surface area contributed by atoms with Crippen LogP contribution in [0.4, 0.5) is 25.2 Å². The summed E-state index contributed by atoms with van der Waals surface area (Å²) in [5, 5.41) is 4.07. The van der Waals surface area contributed by atoms with Crippen LogP contribution >= 0.6 is 0 Å². The number of nitrogens with one attached hydrogen (secondary N) is 2. The number of halogens is 2. The van der Waals surface area contributed by atoms with Crippen LogP contribution in [0.15, 0.2) is 42.7 Å². The molecule has 0 bridgehead atoms. The molecule has 1 heterocycles. The van der Waals surface area contributed by atoms with E-state index in [4.69, 9.17) is 9.47 Å². The number of benzene rings is 2. The molecule has 3 rings (SSSR count). The van der Waals surface area contributed by atoms with Gasteiger partial charge in [0.1, 0.15) is 23.7 Å². The topological polar surface area (TPSA) is 115 Å². The Bertz CT molecular complexity index is 1300. The van der Waals surface area contributed by atoms with Gasteiger partial charge in [0.15, 0.2) is 5.82 Å². The third-order valence-electron chi connectivity index (χ3n) is 4.07. The average molecular weight is 477 g/mol. The summed E-state index contributed by atoms with van der Waals surface area (Å²) in [4.78, 5) is 23.9. The molecule has 1 unspecified atom stereocenters. The number of ether oxygens (including phenoxy) is 2. The molecule has 0 saturated heterocycles. The van der Waals surface area contributed by atoms with Gasteiger partial charge in [0.2, 0.25) is 5.95 Å². The first-order valence-corrected chi connectivity index (χ1v) is 11.6. The van der Waals surface area contributed by atoms with Gasteiger partial charge in [-0.05, 0) is 42.8 Å². The lowest BCUT2D eigenvalue weighted by molar-refractivity contribution is 0.159. The van der Waals surface area contributed by atoms with Crippen LogP contribution in [0.2, 0.25) is 0 Å². The lowest BCUT2D eigenvalue weighted by atomic mass is 10.2. The van der Waals surface area contributed by atoms with Crippen LogP contribution in [-0.2, 0) is 14.4 Å². The van der Waals surface area contributed by atoms with Crippen molar-refractivity contribution in [1.82, 2.24) is 19.7 Å². The Morgan fingerprint density at radius 1 is 1.15 bits per heavy atom. The largest absolute Gasteiger partial charge is 0.496 e. The van der Waals surface area contributed by atoms with Gasteiger partial charge in [-0.2, -0.15) is 4.98 Å². The molecular formula is C21H21F2N5O4S. The van der Waals surface area contributed by atoms with Crippen molar-refractivity contribution in [2.45, 2.75) is 6.92 Å². The third kappa shape index (κ3) is 6.59. The Morgan fingerprint density at radius 2 is 1.94 bits per heavy atom. The van der Waals surface area contributed by atoms with E-state index in [-0.39, 0.29) is 35.4 Å². The highest BCUT2D eigenvalue weighted by atomic mass is 32.2. The van der Waals surface area contributed by atoms with Gasteiger partial charge >= 0.3 is 6.09 Å². The monoisotopic (exact) mass is 477 g/mol. The molecule has 0 fully saturated rings. The molecule has 1 amide bonds. The predicted octanol–water partition coefficient (Wildman–Crippen LogP) is 3.29. The Kier molecular flexibility index (Phi) is 7.38. The maximum Gasteiger partial charge on any atom is 0.418 e. The van der Waals surface area contributed by atoms with E-state index in [1.807, 2.05) is 0 Å². The SMILES string of the molecule is CCOC(=O)NS(C)(=O)=Cc1cc(F)cc(Nc2ncnc(-c3ccc(F)cc3OC)n2)c1. The van der Waals surface area contributed by atoms with E-state index in [0.717, 1.165) is 6.07 Å². The van der Waals surface area contributed by atoms with E-state index in [1.165, 1.54) is 55.4 Å². The van der Waals surface area contributed by atoms with Gasteiger partial charge in [-0.25, -0.2) is 32.5 Å². The van der Waals surface area contributed by atoms with Crippen LogP contribution in [0.25, 0.3) is 11.4 Å². The molecule has 2 N–H and O–H groups in total. The van der Waals surface area contributed by atoms with Crippen molar-refractivity contribution in [2.24, 2.45) is 0 Å². The number of carbonyl (C=O) groups is 1. The van der Waals surface area contributed by atoms with Crippen molar-refractivity contribution in [2.75, 3.05) is 25.3 Å².